The highest BCUT2D eigenvalue weighted by atomic mass is 79.9. The first-order valence-electron chi connectivity index (χ1n) is 5.74. The number of halogens is 1. The first-order valence-corrected chi connectivity index (χ1v) is 6.54. The Morgan fingerprint density at radius 2 is 2.35 bits per heavy atom. The van der Waals surface area contributed by atoms with E-state index in [0.717, 1.165) is 17.3 Å². The third-order valence-corrected chi connectivity index (χ3v) is 3.96. The van der Waals surface area contributed by atoms with E-state index < -0.39 is 0 Å². The van der Waals surface area contributed by atoms with E-state index in [0.29, 0.717) is 0 Å². The summed E-state index contributed by atoms with van der Waals surface area (Å²) in [5.74, 6) is -0.214. The molecule has 0 fully saturated rings. The average Bonchev–Trinajstić information content (AvgIpc) is 2.73. The first-order chi connectivity index (χ1) is 8.13. The molecule has 2 rings (SSSR count). The molecule has 2 atom stereocenters. The molecule has 0 saturated carbocycles. The Bertz CT molecular complexity index is 433. The van der Waals surface area contributed by atoms with E-state index in [4.69, 9.17) is 4.74 Å². The van der Waals surface area contributed by atoms with Crippen LogP contribution in [0.4, 0.5) is 0 Å². The summed E-state index contributed by atoms with van der Waals surface area (Å²) in [6, 6.07) is 6.19. The molecule has 92 valence electrons. The lowest BCUT2D eigenvalue weighted by Gasteiger charge is -2.18. The van der Waals surface area contributed by atoms with Crippen molar-refractivity contribution in [3.8, 4) is 0 Å². The Balaban J connectivity index is 2.12. The van der Waals surface area contributed by atoms with Crippen LogP contribution < -0.4 is 5.32 Å². The third kappa shape index (κ3) is 2.53. The predicted octanol–water partition coefficient (Wildman–Crippen LogP) is 2.59. The van der Waals surface area contributed by atoms with Crippen LogP contribution in [0.15, 0.2) is 22.7 Å². The van der Waals surface area contributed by atoms with Gasteiger partial charge in [0.05, 0.1) is 7.11 Å². The predicted molar refractivity (Wildman–Crippen MR) is 69.8 cm³/mol. The fourth-order valence-electron chi connectivity index (χ4n) is 2.33. The lowest BCUT2D eigenvalue weighted by molar-refractivity contribution is -0.142. The second kappa shape index (κ2) is 5.19. The van der Waals surface area contributed by atoms with E-state index in [1.54, 1.807) is 0 Å². The third-order valence-electron chi connectivity index (χ3n) is 3.22. The molecule has 0 spiro atoms. The van der Waals surface area contributed by atoms with Crippen molar-refractivity contribution >= 4 is 21.9 Å². The summed E-state index contributed by atoms with van der Waals surface area (Å²) in [4.78, 5) is 11.4. The number of rotatable bonds is 3. The first kappa shape index (κ1) is 12.6. The molecule has 0 bridgehead atoms. The number of benzene rings is 1. The van der Waals surface area contributed by atoms with Crippen molar-refractivity contribution in [3.05, 3.63) is 33.8 Å². The molecule has 0 amide bonds. The number of hydrogen-bond acceptors (Lipinski definition) is 3. The van der Waals surface area contributed by atoms with Crippen LogP contribution in [0.1, 0.15) is 30.5 Å². The van der Waals surface area contributed by atoms with E-state index >= 15 is 0 Å². The number of fused-ring (bicyclic) bond motifs is 1. The van der Waals surface area contributed by atoms with E-state index in [9.17, 15) is 4.79 Å². The van der Waals surface area contributed by atoms with Crippen molar-refractivity contribution in [2.24, 2.45) is 0 Å². The second-order valence-corrected chi connectivity index (χ2v) is 5.16. The highest BCUT2D eigenvalue weighted by Crippen LogP contribution is 2.35. The molecule has 1 unspecified atom stereocenters. The fourth-order valence-corrected chi connectivity index (χ4v) is 2.91. The van der Waals surface area contributed by atoms with Crippen LogP contribution in [0.2, 0.25) is 0 Å². The van der Waals surface area contributed by atoms with Crippen molar-refractivity contribution in [3.63, 3.8) is 0 Å². The van der Waals surface area contributed by atoms with Gasteiger partial charge in [0.25, 0.3) is 0 Å². The SMILES string of the molecule is COC(=O)[C@H](C)NC1CCc2c(Br)cccc21. The molecule has 1 N–H and O–H groups in total. The summed E-state index contributed by atoms with van der Waals surface area (Å²) in [5, 5.41) is 3.32. The largest absolute Gasteiger partial charge is 0.468 e. The van der Waals surface area contributed by atoms with Gasteiger partial charge in [-0.05, 0) is 37.0 Å². The Morgan fingerprint density at radius 1 is 1.59 bits per heavy atom. The topological polar surface area (TPSA) is 38.3 Å². The zero-order chi connectivity index (χ0) is 12.4. The monoisotopic (exact) mass is 297 g/mol. The highest BCUT2D eigenvalue weighted by molar-refractivity contribution is 9.10. The molecule has 0 aromatic heterocycles. The summed E-state index contributed by atoms with van der Waals surface area (Å²) < 4.78 is 5.88. The van der Waals surface area contributed by atoms with Gasteiger partial charge >= 0.3 is 5.97 Å². The van der Waals surface area contributed by atoms with Gasteiger partial charge in [0, 0.05) is 10.5 Å². The number of ether oxygens (including phenoxy) is 1. The van der Waals surface area contributed by atoms with E-state index in [-0.39, 0.29) is 18.1 Å². The zero-order valence-electron chi connectivity index (χ0n) is 10.00. The number of methoxy groups -OCH3 is 1. The molecule has 0 saturated heterocycles. The van der Waals surface area contributed by atoms with Gasteiger partial charge < -0.3 is 4.74 Å². The number of carbonyl (C=O) groups is 1. The smallest absolute Gasteiger partial charge is 0.322 e. The Hall–Kier alpha value is -0.870. The molecule has 0 radical (unpaired) electrons. The molecule has 0 heterocycles. The summed E-state index contributed by atoms with van der Waals surface area (Å²) in [6.45, 7) is 1.84. The maximum atomic E-state index is 11.4. The standard InChI is InChI=1S/C13H16BrNO2/c1-8(13(16)17-2)15-12-7-6-9-10(12)4-3-5-11(9)14/h3-5,8,12,15H,6-7H2,1-2H3/t8-,12?/m0/s1. The zero-order valence-corrected chi connectivity index (χ0v) is 11.6. The molecule has 17 heavy (non-hydrogen) atoms. The molecule has 1 aromatic rings. The summed E-state index contributed by atoms with van der Waals surface area (Å²) >= 11 is 3.56. The molecular weight excluding hydrogens is 282 g/mol. The van der Waals surface area contributed by atoms with Gasteiger partial charge in [-0.2, -0.15) is 0 Å². The highest BCUT2D eigenvalue weighted by Gasteiger charge is 2.26. The Morgan fingerprint density at radius 3 is 3.06 bits per heavy atom. The van der Waals surface area contributed by atoms with Crippen molar-refractivity contribution < 1.29 is 9.53 Å². The molecule has 3 nitrogen and oxygen atoms in total. The summed E-state index contributed by atoms with van der Waals surface area (Å²) in [7, 11) is 1.42. The van der Waals surface area contributed by atoms with Crippen LogP contribution in [0.25, 0.3) is 0 Å². The van der Waals surface area contributed by atoms with E-state index in [1.807, 2.05) is 13.0 Å². The average molecular weight is 298 g/mol. The van der Waals surface area contributed by atoms with E-state index in [2.05, 4.69) is 33.4 Å². The Kier molecular flexibility index (Phi) is 3.84. The Labute approximate surface area is 110 Å². The van der Waals surface area contributed by atoms with Crippen molar-refractivity contribution in [1.82, 2.24) is 5.32 Å². The maximum absolute atomic E-state index is 11.4. The van der Waals surface area contributed by atoms with Gasteiger partial charge in [0.1, 0.15) is 6.04 Å². The lowest BCUT2D eigenvalue weighted by Crippen LogP contribution is -2.36. The fraction of sp³-hybridized carbons (Fsp3) is 0.462. The van der Waals surface area contributed by atoms with Crippen molar-refractivity contribution in [1.29, 1.82) is 0 Å². The minimum Gasteiger partial charge on any atom is -0.468 e. The van der Waals surface area contributed by atoms with Crippen LogP contribution in [0, 0.1) is 0 Å². The van der Waals surface area contributed by atoms with Crippen molar-refractivity contribution in [2.75, 3.05) is 7.11 Å². The number of nitrogens with one attached hydrogen (secondary N) is 1. The second-order valence-electron chi connectivity index (χ2n) is 4.31. The van der Waals surface area contributed by atoms with Crippen LogP contribution in [-0.4, -0.2) is 19.1 Å². The van der Waals surface area contributed by atoms with Crippen LogP contribution >= 0.6 is 15.9 Å². The maximum Gasteiger partial charge on any atom is 0.322 e. The molecular formula is C13H16BrNO2. The van der Waals surface area contributed by atoms with Crippen molar-refractivity contribution in [2.45, 2.75) is 31.8 Å². The van der Waals surface area contributed by atoms with Crippen LogP contribution in [0.3, 0.4) is 0 Å². The van der Waals surface area contributed by atoms with Gasteiger partial charge in [-0.1, -0.05) is 28.1 Å². The molecule has 1 aromatic carbocycles. The van der Waals surface area contributed by atoms with Crippen LogP contribution in [0.5, 0.6) is 0 Å². The van der Waals surface area contributed by atoms with Gasteiger partial charge in [-0.3, -0.25) is 10.1 Å². The van der Waals surface area contributed by atoms with Gasteiger partial charge in [0.2, 0.25) is 0 Å². The van der Waals surface area contributed by atoms with Gasteiger partial charge in [-0.25, -0.2) is 0 Å². The quantitative estimate of drug-likeness (QED) is 0.872. The van der Waals surface area contributed by atoms with Crippen LogP contribution in [-0.2, 0) is 16.0 Å². The number of esters is 1. The normalized spacial score (nSPS) is 19.8. The van der Waals surface area contributed by atoms with Gasteiger partial charge in [-0.15, -0.1) is 0 Å². The molecule has 0 aliphatic heterocycles. The summed E-state index contributed by atoms with van der Waals surface area (Å²) in [5.41, 5.74) is 2.64. The molecule has 1 aliphatic carbocycles. The minimum absolute atomic E-state index is 0.214. The lowest BCUT2D eigenvalue weighted by atomic mass is 10.1. The van der Waals surface area contributed by atoms with E-state index in [1.165, 1.54) is 18.2 Å². The number of carbonyl (C=O) groups excluding carboxylic acids is 1. The molecule has 1 aliphatic rings. The summed E-state index contributed by atoms with van der Waals surface area (Å²) in [6.07, 6.45) is 2.07. The number of hydrogen-bond donors (Lipinski definition) is 1. The molecule has 4 heteroatoms. The minimum atomic E-state index is -0.269. The van der Waals surface area contributed by atoms with Gasteiger partial charge in [0.15, 0.2) is 0 Å².